The van der Waals surface area contributed by atoms with Gasteiger partial charge < -0.3 is 19.3 Å². The Morgan fingerprint density at radius 1 is 0.557 bits per heavy atom. The zero-order chi connectivity index (χ0) is 51.2. The lowest BCUT2D eigenvalue weighted by Crippen LogP contribution is -2.40. The van der Waals surface area contributed by atoms with Gasteiger partial charge in [0.05, 0.1) is 41.1 Å². The Labute approximate surface area is 431 Å². The normalized spacial score (nSPS) is 15.5. The van der Waals surface area contributed by atoms with Crippen molar-refractivity contribution in [3.63, 3.8) is 0 Å². The summed E-state index contributed by atoms with van der Waals surface area (Å²) in [6.45, 7) is 25.9. The van der Waals surface area contributed by atoms with Crippen molar-refractivity contribution in [3.8, 4) is 11.5 Å². The van der Waals surface area contributed by atoms with Gasteiger partial charge in [-0.3, -0.25) is 28.8 Å². The number of hydrazine groups is 1. The van der Waals surface area contributed by atoms with Gasteiger partial charge >= 0.3 is 11.9 Å². The van der Waals surface area contributed by atoms with Gasteiger partial charge in [-0.05, 0) is 74.3 Å². The molecule has 3 aromatic carbocycles. The number of rotatable bonds is 18. The molecule has 3 aliphatic heterocycles. The molecule has 2 atom stereocenters. The number of hydrogen-bond donors (Lipinski definition) is 0. The molecule has 16 heteroatoms. The zero-order valence-electron chi connectivity index (χ0n) is 42.7. The third-order valence-electron chi connectivity index (χ3n) is 11.9. The SMILES string of the molecule is CCN(CC)C(=O)C(C(=O)N(CC)CC)=C1Sc2c(OC(=O)CC(C)CC(C)(C)C)c3c(c(OC(=O)CC(C)CC(C)(C)C)c2S1)SC(=C1C(=O)N(Cc2ccccc2)N(Cc2ccccc2)C1=O)S3. The summed E-state index contributed by atoms with van der Waals surface area (Å²) in [6, 6.07) is 18.9. The molecule has 0 spiro atoms. The van der Waals surface area contributed by atoms with E-state index in [1.807, 2.05) is 102 Å². The molecule has 0 aromatic heterocycles. The topological polar surface area (TPSA) is 134 Å². The van der Waals surface area contributed by atoms with Crippen LogP contribution in [0.3, 0.4) is 0 Å². The smallest absolute Gasteiger partial charge is 0.311 e. The zero-order valence-corrected chi connectivity index (χ0v) is 46.0. The van der Waals surface area contributed by atoms with Crippen LogP contribution in [-0.2, 0) is 41.9 Å². The number of fused-ring (bicyclic) bond motifs is 2. The Hall–Kier alpha value is -4.64. The Kier molecular flexibility index (Phi) is 18.2. The lowest BCUT2D eigenvalue weighted by molar-refractivity contribution is -0.149. The first-order valence-corrected chi connectivity index (χ1v) is 27.5. The number of likely N-dealkylation sites (N-methyl/N-ethyl adjacent to an activating group) is 2. The number of hydrogen-bond acceptors (Lipinski definition) is 12. The summed E-state index contributed by atoms with van der Waals surface area (Å²) in [7, 11) is 0. The molecule has 0 N–H and O–H groups in total. The first-order chi connectivity index (χ1) is 33.1. The van der Waals surface area contributed by atoms with Crippen LogP contribution >= 0.6 is 47.0 Å². The van der Waals surface area contributed by atoms with Gasteiger partial charge in [-0.1, -0.05) is 163 Å². The summed E-state index contributed by atoms with van der Waals surface area (Å²) in [5.74, 6) is -2.60. The molecule has 3 aromatic rings. The van der Waals surface area contributed by atoms with Gasteiger partial charge in [0.1, 0.15) is 11.1 Å². The highest BCUT2D eigenvalue weighted by Gasteiger charge is 2.47. The molecule has 2 unspecified atom stereocenters. The minimum absolute atomic E-state index is 0.0202. The molecule has 0 radical (unpaired) electrons. The third-order valence-corrected chi connectivity index (χ3v) is 17.1. The van der Waals surface area contributed by atoms with Crippen LogP contribution in [0.1, 0.15) is 120 Å². The van der Waals surface area contributed by atoms with E-state index < -0.39 is 35.6 Å². The Balaban J connectivity index is 1.56. The molecule has 1 saturated heterocycles. The van der Waals surface area contributed by atoms with E-state index in [1.54, 1.807) is 9.80 Å². The predicted molar refractivity (Wildman–Crippen MR) is 281 cm³/mol. The summed E-state index contributed by atoms with van der Waals surface area (Å²) >= 11 is 4.51. The lowest BCUT2D eigenvalue weighted by Gasteiger charge is -2.27. The van der Waals surface area contributed by atoms with E-state index in [9.17, 15) is 28.8 Å². The van der Waals surface area contributed by atoms with Crippen LogP contribution in [0, 0.1) is 22.7 Å². The van der Waals surface area contributed by atoms with Gasteiger partial charge in [0, 0.05) is 39.0 Å². The number of carbonyl (C=O) groups excluding carboxylic acids is 6. The van der Waals surface area contributed by atoms with Crippen molar-refractivity contribution in [2.45, 2.75) is 141 Å². The van der Waals surface area contributed by atoms with Crippen molar-refractivity contribution in [2.24, 2.45) is 22.7 Å². The predicted octanol–water partition coefficient (Wildman–Crippen LogP) is 12.0. The molecule has 376 valence electrons. The van der Waals surface area contributed by atoms with Crippen LogP contribution in [0.2, 0.25) is 0 Å². The van der Waals surface area contributed by atoms with Gasteiger partial charge in [-0.25, -0.2) is 10.0 Å². The molecule has 6 rings (SSSR count). The van der Waals surface area contributed by atoms with Crippen molar-refractivity contribution >= 4 is 82.6 Å². The molecular formula is C54H68N4O8S4. The van der Waals surface area contributed by atoms with E-state index >= 15 is 0 Å². The Morgan fingerprint density at radius 3 is 1.23 bits per heavy atom. The Bertz CT molecular complexity index is 2370. The van der Waals surface area contributed by atoms with E-state index in [0.717, 1.165) is 71.0 Å². The maximum absolute atomic E-state index is 14.8. The number of ether oxygens (including phenoxy) is 2. The van der Waals surface area contributed by atoms with Crippen molar-refractivity contribution in [3.05, 3.63) is 91.4 Å². The van der Waals surface area contributed by atoms with Gasteiger partial charge in [0.15, 0.2) is 11.5 Å². The van der Waals surface area contributed by atoms with Crippen LogP contribution in [0.4, 0.5) is 0 Å². The fourth-order valence-corrected chi connectivity index (χ4v) is 14.6. The molecule has 0 aliphatic carbocycles. The monoisotopic (exact) mass is 1030 g/mol. The fraction of sp³-hybridized carbons (Fsp3) is 0.481. The van der Waals surface area contributed by atoms with Crippen molar-refractivity contribution in [1.82, 2.24) is 19.8 Å². The van der Waals surface area contributed by atoms with Gasteiger partial charge in [0.25, 0.3) is 23.6 Å². The second kappa shape index (κ2) is 23.3. The standard InChI is InChI=1S/C54H68N4O8S4/c1-13-55(14-2)47(61)39(48(62)56(15-3)16-4)51-67-43-41(65-37(59)27-33(5)29-53(7,8)9)45-46(42(44(43)68-51)66-38(60)28-34(6)30-54(10,11)12)70-52(69-45)40-49(63)57(31-35-23-19-17-20-24-35)58(50(40)64)32-36-25-21-18-22-26-36/h17-26,33-34H,13-16,27-32H2,1-12H3. The highest BCUT2D eigenvalue weighted by Crippen LogP contribution is 2.69. The van der Waals surface area contributed by atoms with Gasteiger partial charge in [-0.2, -0.15) is 0 Å². The van der Waals surface area contributed by atoms with Crippen molar-refractivity contribution in [1.29, 1.82) is 0 Å². The number of amides is 4. The molecule has 3 aliphatic rings. The van der Waals surface area contributed by atoms with E-state index in [1.165, 1.54) is 10.0 Å². The van der Waals surface area contributed by atoms with Crippen LogP contribution in [-0.4, -0.2) is 81.6 Å². The number of nitrogens with zero attached hydrogens (tertiary/aromatic N) is 4. The summed E-state index contributed by atoms with van der Waals surface area (Å²) in [5.41, 5.74) is 1.50. The molecule has 3 heterocycles. The average Bonchev–Trinajstić information content (AvgIpc) is 3.97. The summed E-state index contributed by atoms with van der Waals surface area (Å²) in [4.78, 5) is 91.9. The third kappa shape index (κ3) is 13.1. The lowest BCUT2D eigenvalue weighted by atomic mass is 9.84. The minimum atomic E-state index is -0.494. The molecule has 4 amide bonds. The van der Waals surface area contributed by atoms with Crippen molar-refractivity contribution < 1.29 is 38.2 Å². The molecule has 70 heavy (non-hydrogen) atoms. The molecule has 0 saturated carbocycles. The second-order valence-corrected chi connectivity index (χ2v) is 25.1. The van der Waals surface area contributed by atoms with E-state index in [-0.39, 0.29) is 71.2 Å². The molecule has 1 fully saturated rings. The first kappa shape index (κ1) is 54.7. The van der Waals surface area contributed by atoms with Gasteiger partial charge in [-0.15, -0.1) is 0 Å². The van der Waals surface area contributed by atoms with Crippen LogP contribution in [0.5, 0.6) is 11.5 Å². The van der Waals surface area contributed by atoms with E-state index in [0.29, 0.717) is 54.2 Å². The van der Waals surface area contributed by atoms with Crippen LogP contribution in [0.15, 0.2) is 99.9 Å². The molecule has 12 nitrogen and oxygen atoms in total. The fourth-order valence-electron chi connectivity index (χ4n) is 9.08. The number of carbonyl (C=O) groups is 6. The highest BCUT2D eigenvalue weighted by atomic mass is 32.2. The number of benzene rings is 3. The summed E-state index contributed by atoms with van der Waals surface area (Å²) in [5, 5.41) is 2.94. The van der Waals surface area contributed by atoms with E-state index in [2.05, 4.69) is 41.5 Å². The minimum Gasteiger partial charge on any atom is -0.424 e. The second-order valence-electron chi connectivity index (χ2n) is 20.5. The Morgan fingerprint density at radius 2 is 0.900 bits per heavy atom. The average molecular weight is 1030 g/mol. The summed E-state index contributed by atoms with van der Waals surface area (Å²) in [6.07, 6.45) is 1.71. The molecular weight excluding hydrogens is 961 g/mol. The highest BCUT2D eigenvalue weighted by molar-refractivity contribution is 8.26. The first-order valence-electron chi connectivity index (χ1n) is 24.2. The molecule has 0 bridgehead atoms. The quantitative estimate of drug-likeness (QED) is 0.0395. The summed E-state index contributed by atoms with van der Waals surface area (Å²) < 4.78 is 13.7. The van der Waals surface area contributed by atoms with Crippen molar-refractivity contribution in [2.75, 3.05) is 26.2 Å². The number of thioether (sulfide) groups is 4. The van der Waals surface area contributed by atoms with E-state index in [4.69, 9.17) is 9.47 Å². The number of esters is 2. The largest absolute Gasteiger partial charge is 0.424 e. The maximum Gasteiger partial charge on any atom is 0.311 e. The van der Waals surface area contributed by atoms with Crippen LogP contribution < -0.4 is 9.47 Å². The van der Waals surface area contributed by atoms with Crippen LogP contribution in [0.25, 0.3) is 0 Å². The maximum atomic E-state index is 14.8. The van der Waals surface area contributed by atoms with Gasteiger partial charge in [0.2, 0.25) is 0 Å².